The Labute approximate surface area is 86.8 Å². The molecule has 1 heterocycles. The highest BCUT2D eigenvalue weighted by molar-refractivity contribution is 7.80. The number of hydrogen-bond acceptors (Lipinski definition) is 4. The van der Waals surface area contributed by atoms with Crippen LogP contribution in [0.5, 0.6) is 0 Å². The molecule has 0 unspecified atom stereocenters. The van der Waals surface area contributed by atoms with Crippen LogP contribution in [0.1, 0.15) is 10.0 Å². The van der Waals surface area contributed by atoms with Crippen molar-refractivity contribution in [3.05, 3.63) is 10.0 Å². The van der Waals surface area contributed by atoms with Gasteiger partial charge in [0.25, 0.3) is 0 Å². The fourth-order valence-electron chi connectivity index (χ4n) is 0.810. The minimum absolute atomic E-state index is 0.668. The summed E-state index contributed by atoms with van der Waals surface area (Å²) >= 11 is 6.54. The second-order valence-corrected chi connectivity index (χ2v) is 4.15. The molecule has 0 atom stereocenters. The molecule has 0 bridgehead atoms. The molecule has 13 heavy (non-hydrogen) atoms. The largest absolute Gasteiger partial charge is 0.366 e. The average molecular weight is 216 g/mol. The maximum Gasteiger partial charge on any atom is 0.166 e. The molecular weight excluding hydrogens is 204 g/mol. The van der Waals surface area contributed by atoms with Crippen molar-refractivity contribution in [2.24, 2.45) is 0 Å². The van der Waals surface area contributed by atoms with E-state index in [-0.39, 0.29) is 0 Å². The molecular formula is C7H12N4S2. The zero-order valence-electron chi connectivity index (χ0n) is 7.63. The van der Waals surface area contributed by atoms with E-state index in [1.807, 2.05) is 6.92 Å². The van der Waals surface area contributed by atoms with Gasteiger partial charge in [-0.2, -0.15) is 0 Å². The van der Waals surface area contributed by atoms with E-state index in [2.05, 4.69) is 20.8 Å². The summed E-state index contributed by atoms with van der Waals surface area (Å²) in [5.41, 5.74) is 0. The van der Waals surface area contributed by atoms with Crippen molar-refractivity contribution in [2.75, 3.05) is 13.6 Å². The summed E-state index contributed by atoms with van der Waals surface area (Å²) < 4.78 is 0. The van der Waals surface area contributed by atoms with Gasteiger partial charge in [0, 0.05) is 20.0 Å². The number of hydrogen-bond donors (Lipinski definition) is 2. The number of thiocarbonyl (C=S) groups is 1. The van der Waals surface area contributed by atoms with Gasteiger partial charge in [0.2, 0.25) is 0 Å². The Kier molecular flexibility index (Phi) is 4.04. The lowest BCUT2D eigenvalue weighted by atomic mass is 10.4. The molecule has 1 aromatic heterocycles. The van der Waals surface area contributed by atoms with Crippen molar-refractivity contribution in [2.45, 2.75) is 13.3 Å². The normalized spacial score (nSPS) is 9.69. The van der Waals surface area contributed by atoms with Crippen LogP contribution < -0.4 is 10.6 Å². The second kappa shape index (κ2) is 5.08. The van der Waals surface area contributed by atoms with E-state index >= 15 is 0 Å². The van der Waals surface area contributed by atoms with Gasteiger partial charge >= 0.3 is 0 Å². The van der Waals surface area contributed by atoms with Gasteiger partial charge in [-0.05, 0) is 19.1 Å². The van der Waals surface area contributed by atoms with E-state index in [1.54, 1.807) is 18.4 Å². The predicted octanol–water partition coefficient (Wildman–Crippen LogP) is 0.483. The first kappa shape index (κ1) is 10.3. The third kappa shape index (κ3) is 3.65. The van der Waals surface area contributed by atoms with Crippen LogP contribution in [0, 0.1) is 6.92 Å². The lowest BCUT2D eigenvalue weighted by Crippen LogP contribution is -2.33. The van der Waals surface area contributed by atoms with Crippen LogP contribution in [-0.4, -0.2) is 28.9 Å². The van der Waals surface area contributed by atoms with Crippen molar-refractivity contribution >= 4 is 28.7 Å². The zero-order chi connectivity index (χ0) is 9.68. The Morgan fingerprint density at radius 3 is 2.85 bits per heavy atom. The quantitative estimate of drug-likeness (QED) is 0.720. The van der Waals surface area contributed by atoms with Crippen molar-refractivity contribution < 1.29 is 0 Å². The first-order valence-electron chi connectivity index (χ1n) is 3.97. The van der Waals surface area contributed by atoms with Crippen LogP contribution in [0.4, 0.5) is 0 Å². The van der Waals surface area contributed by atoms with Crippen LogP contribution in [-0.2, 0) is 6.42 Å². The van der Waals surface area contributed by atoms with E-state index in [0.29, 0.717) is 5.11 Å². The van der Waals surface area contributed by atoms with E-state index < -0.39 is 0 Å². The van der Waals surface area contributed by atoms with Crippen LogP contribution in [0.25, 0.3) is 0 Å². The summed E-state index contributed by atoms with van der Waals surface area (Å²) in [5, 5.41) is 16.5. The van der Waals surface area contributed by atoms with Gasteiger partial charge < -0.3 is 10.6 Å². The Balaban J connectivity index is 2.24. The molecule has 0 saturated heterocycles. The summed E-state index contributed by atoms with van der Waals surface area (Å²) in [6, 6.07) is 0. The SMILES string of the molecule is CNC(=S)NCCc1nnc(C)s1. The number of aromatic nitrogens is 2. The zero-order valence-corrected chi connectivity index (χ0v) is 9.26. The summed E-state index contributed by atoms with van der Waals surface area (Å²) in [6.45, 7) is 2.75. The van der Waals surface area contributed by atoms with Crippen molar-refractivity contribution in [3.63, 3.8) is 0 Å². The number of nitrogens with zero attached hydrogens (tertiary/aromatic N) is 2. The number of rotatable bonds is 3. The third-order valence-corrected chi connectivity index (χ3v) is 2.67. The van der Waals surface area contributed by atoms with E-state index in [1.165, 1.54) is 0 Å². The maximum absolute atomic E-state index is 4.92. The molecule has 0 aliphatic heterocycles. The van der Waals surface area contributed by atoms with Gasteiger partial charge in [0.05, 0.1) is 0 Å². The molecule has 0 spiro atoms. The molecule has 0 radical (unpaired) electrons. The lowest BCUT2D eigenvalue weighted by Gasteiger charge is -2.04. The minimum atomic E-state index is 0.668. The summed E-state index contributed by atoms with van der Waals surface area (Å²) in [6.07, 6.45) is 0.868. The second-order valence-electron chi connectivity index (χ2n) is 2.47. The first-order valence-corrected chi connectivity index (χ1v) is 5.19. The molecule has 0 aromatic carbocycles. The molecule has 0 saturated carbocycles. The lowest BCUT2D eigenvalue weighted by molar-refractivity contribution is 0.829. The topological polar surface area (TPSA) is 49.8 Å². The fourth-order valence-corrected chi connectivity index (χ4v) is 1.62. The van der Waals surface area contributed by atoms with Gasteiger partial charge in [-0.1, -0.05) is 0 Å². The summed E-state index contributed by atoms with van der Waals surface area (Å²) in [4.78, 5) is 0. The monoisotopic (exact) mass is 216 g/mol. The van der Waals surface area contributed by atoms with E-state index in [4.69, 9.17) is 12.2 Å². The van der Waals surface area contributed by atoms with Crippen LogP contribution >= 0.6 is 23.6 Å². The molecule has 1 rings (SSSR count). The summed E-state index contributed by atoms with van der Waals surface area (Å²) in [5.74, 6) is 0. The Morgan fingerprint density at radius 1 is 1.54 bits per heavy atom. The molecule has 0 fully saturated rings. The molecule has 0 aliphatic carbocycles. The fraction of sp³-hybridized carbons (Fsp3) is 0.571. The molecule has 4 nitrogen and oxygen atoms in total. The maximum atomic E-state index is 4.92. The molecule has 1 aromatic rings. The minimum Gasteiger partial charge on any atom is -0.366 e. The van der Waals surface area contributed by atoms with Gasteiger partial charge in [-0.3, -0.25) is 0 Å². The smallest absolute Gasteiger partial charge is 0.166 e. The molecule has 6 heteroatoms. The van der Waals surface area contributed by atoms with Crippen LogP contribution in [0.2, 0.25) is 0 Å². The standard InChI is InChI=1S/C7H12N4S2/c1-5-10-11-6(13-5)3-4-9-7(12)8-2/h3-4H2,1-2H3,(H2,8,9,12). The molecule has 0 aliphatic rings. The van der Waals surface area contributed by atoms with Crippen molar-refractivity contribution in [1.29, 1.82) is 0 Å². The Hall–Kier alpha value is -0.750. The van der Waals surface area contributed by atoms with Gasteiger partial charge in [-0.25, -0.2) is 0 Å². The third-order valence-electron chi connectivity index (χ3n) is 1.42. The van der Waals surface area contributed by atoms with E-state index in [0.717, 1.165) is 23.0 Å². The van der Waals surface area contributed by atoms with Gasteiger partial charge in [-0.15, -0.1) is 21.5 Å². The molecule has 2 N–H and O–H groups in total. The predicted molar refractivity (Wildman–Crippen MR) is 58.0 cm³/mol. The van der Waals surface area contributed by atoms with Gasteiger partial charge in [0.15, 0.2) is 5.11 Å². The highest BCUT2D eigenvalue weighted by Crippen LogP contribution is 2.07. The number of nitrogens with one attached hydrogen (secondary N) is 2. The Morgan fingerprint density at radius 2 is 2.31 bits per heavy atom. The highest BCUT2D eigenvalue weighted by atomic mass is 32.1. The average Bonchev–Trinajstić information content (AvgIpc) is 2.51. The van der Waals surface area contributed by atoms with E-state index in [9.17, 15) is 0 Å². The molecule has 72 valence electrons. The number of aryl methyl sites for hydroxylation is 1. The first-order chi connectivity index (χ1) is 6.22. The summed E-state index contributed by atoms with van der Waals surface area (Å²) in [7, 11) is 1.80. The van der Waals surface area contributed by atoms with Crippen LogP contribution in [0.3, 0.4) is 0 Å². The van der Waals surface area contributed by atoms with Crippen LogP contribution in [0.15, 0.2) is 0 Å². The van der Waals surface area contributed by atoms with Crippen molar-refractivity contribution in [3.8, 4) is 0 Å². The Bertz CT molecular complexity index is 284. The van der Waals surface area contributed by atoms with Gasteiger partial charge in [0.1, 0.15) is 10.0 Å². The molecule has 0 amide bonds. The highest BCUT2D eigenvalue weighted by Gasteiger charge is 1.99. The van der Waals surface area contributed by atoms with Crippen molar-refractivity contribution in [1.82, 2.24) is 20.8 Å².